The van der Waals surface area contributed by atoms with Gasteiger partial charge in [-0.15, -0.1) is 0 Å². The fourth-order valence-corrected chi connectivity index (χ4v) is 1.98. The van der Waals surface area contributed by atoms with Crippen LogP contribution in [0.1, 0.15) is 0 Å². The third-order valence-electron chi connectivity index (χ3n) is 2.32. The topological polar surface area (TPSA) is 103 Å². The summed E-state index contributed by atoms with van der Waals surface area (Å²) in [5.74, 6) is 0. The lowest BCUT2D eigenvalue weighted by Crippen LogP contribution is -2.04. The summed E-state index contributed by atoms with van der Waals surface area (Å²) in [5.41, 5.74) is 0.692. The van der Waals surface area contributed by atoms with Crippen molar-refractivity contribution >= 4 is 15.5 Å². The highest BCUT2D eigenvalue weighted by Crippen LogP contribution is 2.22. The first kappa shape index (κ1) is 13.1. The second-order valence-corrected chi connectivity index (χ2v) is 5.71. The van der Waals surface area contributed by atoms with Crippen LogP contribution in [0.3, 0.4) is 0 Å². The van der Waals surface area contributed by atoms with Gasteiger partial charge in [-0.25, -0.2) is 18.4 Å². The molecule has 2 aromatic rings. The van der Waals surface area contributed by atoms with Crippen LogP contribution in [-0.2, 0) is 9.84 Å². The highest BCUT2D eigenvalue weighted by Gasteiger charge is 2.13. The van der Waals surface area contributed by atoms with Gasteiger partial charge in [-0.05, 0) is 6.07 Å². The number of aromatic nitrogens is 2. The molecule has 2 rings (SSSR count). The largest absolute Gasteiger partial charge is 0.270 e. The number of nitrogens with zero attached hydrogens (tertiary/aromatic N) is 3. The average molecular weight is 279 g/mol. The zero-order valence-electron chi connectivity index (χ0n) is 9.85. The molecule has 0 aliphatic rings. The van der Waals surface area contributed by atoms with Gasteiger partial charge < -0.3 is 0 Å². The molecule has 0 saturated heterocycles. The Hall–Kier alpha value is -2.35. The second-order valence-electron chi connectivity index (χ2n) is 3.80. The van der Waals surface area contributed by atoms with Crippen molar-refractivity contribution < 1.29 is 13.3 Å². The van der Waals surface area contributed by atoms with Crippen molar-refractivity contribution in [2.45, 2.75) is 5.16 Å². The minimum absolute atomic E-state index is 0.0861. The fraction of sp³-hybridized carbons (Fsp3) is 0.0909. The normalized spacial score (nSPS) is 11.2. The number of hydrogen-bond donors (Lipinski definition) is 0. The van der Waals surface area contributed by atoms with E-state index >= 15 is 0 Å². The number of non-ortho nitro benzene ring substituents is 1. The van der Waals surface area contributed by atoms with Crippen LogP contribution in [0.2, 0.25) is 0 Å². The number of benzene rings is 1. The van der Waals surface area contributed by atoms with Crippen molar-refractivity contribution in [1.82, 2.24) is 9.97 Å². The van der Waals surface area contributed by atoms with E-state index in [1.54, 1.807) is 6.07 Å². The average Bonchev–Trinajstić information content (AvgIpc) is 2.38. The Balaban J connectivity index is 2.54. The summed E-state index contributed by atoms with van der Waals surface area (Å²) < 4.78 is 22.7. The summed E-state index contributed by atoms with van der Waals surface area (Å²) >= 11 is 0. The van der Waals surface area contributed by atoms with Crippen molar-refractivity contribution in [3.8, 4) is 11.3 Å². The molecule has 8 heteroatoms. The van der Waals surface area contributed by atoms with Gasteiger partial charge >= 0.3 is 0 Å². The van der Waals surface area contributed by atoms with Gasteiger partial charge in [0.1, 0.15) is 0 Å². The lowest BCUT2D eigenvalue weighted by atomic mass is 10.1. The molecule has 1 aromatic heterocycles. The Morgan fingerprint density at radius 2 is 2.00 bits per heavy atom. The Labute approximate surface area is 109 Å². The maximum atomic E-state index is 11.4. The fourth-order valence-electron chi connectivity index (χ4n) is 1.46. The van der Waals surface area contributed by atoms with Crippen molar-refractivity contribution in [2.75, 3.05) is 6.26 Å². The van der Waals surface area contributed by atoms with Crippen LogP contribution < -0.4 is 0 Å². The Bertz CT molecular complexity index is 743. The Morgan fingerprint density at radius 3 is 2.63 bits per heavy atom. The zero-order chi connectivity index (χ0) is 14.0. The Kier molecular flexibility index (Phi) is 3.26. The molecule has 19 heavy (non-hydrogen) atoms. The smallest absolute Gasteiger partial charge is 0.258 e. The molecule has 1 heterocycles. The third kappa shape index (κ3) is 2.91. The summed E-state index contributed by atoms with van der Waals surface area (Å²) in [6.45, 7) is 0. The van der Waals surface area contributed by atoms with Crippen LogP contribution in [0.15, 0.2) is 41.7 Å². The minimum Gasteiger partial charge on any atom is -0.258 e. The molecule has 0 aliphatic carbocycles. The molecule has 7 nitrogen and oxygen atoms in total. The van der Waals surface area contributed by atoms with E-state index in [2.05, 4.69) is 9.97 Å². The molecule has 98 valence electrons. The van der Waals surface area contributed by atoms with E-state index in [1.165, 1.54) is 30.5 Å². The summed E-state index contributed by atoms with van der Waals surface area (Å²) in [5, 5.41) is 10.4. The highest BCUT2D eigenvalue weighted by molar-refractivity contribution is 7.90. The van der Waals surface area contributed by atoms with E-state index in [-0.39, 0.29) is 10.8 Å². The minimum atomic E-state index is -3.52. The van der Waals surface area contributed by atoms with Crippen LogP contribution in [0.25, 0.3) is 11.3 Å². The van der Waals surface area contributed by atoms with Gasteiger partial charge in [0.2, 0.25) is 15.0 Å². The van der Waals surface area contributed by atoms with Gasteiger partial charge in [0.25, 0.3) is 5.69 Å². The predicted molar refractivity (Wildman–Crippen MR) is 67.2 cm³/mol. The molecule has 0 spiro atoms. The lowest BCUT2D eigenvalue weighted by molar-refractivity contribution is -0.384. The zero-order valence-corrected chi connectivity index (χ0v) is 10.7. The molecule has 0 aliphatic heterocycles. The van der Waals surface area contributed by atoms with E-state index in [0.29, 0.717) is 11.3 Å². The van der Waals surface area contributed by atoms with Gasteiger partial charge in [0.05, 0.1) is 10.6 Å². The van der Waals surface area contributed by atoms with Crippen LogP contribution in [0.5, 0.6) is 0 Å². The van der Waals surface area contributed by atoms with E-state index in [0.717, 1.165) is 6.26 Å². The molecule has 0 atom stereocenters. The van der Waals surface area contributed by atoms with Gasteiger partial charge in [-0.3, -0.25) is 10.1 Å². The SMILES string of the molecule is CS(=O)(=O)c1nccc(-c2cccc([N+](=O)[O-])c2)n1. The highest BCUT2D eigenvalue weighted by atomic mass is 32.2. The van der Waals surface area contributed by atoms with Crippen LogP contribution in [0, 0.1) is 10.1 Å². The van der Waals surface area contributed by atoms with Crippen LogP contribution in [0.4, 0.5) is 5.69 Å². The first-order valence-corrected chi connectivity index (χ1v) is 7.05. The first-order chi connectivity index (χ1) is 8.88. The monoisotopic (exact) mass is 279 g/mol. The van der Waals surface area contributed by atoms with Crippen molar-refractivity contribution in [3.63, 3.8) is 0 Å². The molecule has 0 N–H and O–H groups in total. The number of rotatable bonds is 3. The number of hydrogen-bond acceptors (Lipinski definition) is 6. The van der Waals surface area contributed by atoms with E-state index in [9.17, 15) is 18.5 Å². The lowest BCUT2D eigenvalue weighted by Gasteiger charge is -2.02. The molecule has 0 radical (unpaired) electrons. The van der Waals surface area contributed by atoms with Gasteiger partial charge in [0.15, 0.2) is 0 Å². The van der Waals surface area contributed by atoms with Crippen molar-refractivity contribution in [1.29, 1.82) is 0 Å². The summed E-state index contributed by atoms with van der Waals surface area (Å²) in [7, 11) is -3.52. The molecule has 0 unspecified atom stereocenters. The van der Waals surface area contributed by atoms with Crippen molar-refractivity contribution in [3.05, 3.63) is 46.6 Å². The number of nitro groups is 1. The second kappa shape index (κ2) is 4.73. The summed E-state index contributed by atoms with van der Waals surface area (Å²) in [6.07, 6.45) is 2.30. The molecule has 0 fully saturated rings. The van der Waals surface area contributed by atoms with Gasteiger partial charge in [0, 0.05) is 30.1 Å². The van der Waals surface area contributed by atoms with E-state index < -0.39 is 14.8 Å². The Morgan fingerprint density at radius 1 is 1.26 bits per heavy atom. The maximum absolute atomic E-state index is 11.4. The van der Waals surface area contributed by atoms with Crippen molar-refractivity contribution in [2.24, 2.45) is 0 Å². The maximum Gasteiger partial charge on any atom is 0.270 e. The quantitative estimate of drug-likeness (QED) is 0.478. The van der Waals surface area contributed by atoms with Crippen LogP contribution in [-0.4, -0.2) is 29.6 Å². The molecule has 0 saturated carbocycles. The first-order valence-electron chi connectivity index (χ1n) is 5.16. The summed E-state index contributed by atoms with van der Waals surface area (Å²) in [6, 6.07) is 7.29. The molecular weight excluding hydrogens is 270 g/mol. The van der Waals surface area contributed by atoms with Gasteiger partial charge in [-0.1, -0.05) is 12.1 Å². The van der Waals surface area contributed by atoms with Gasteiger partial charge in [-0.2, -0.15) is 0 Å². The summed E-state index contributed by atoms with van der Waals surface area (Å²) in [4.78, 5) is 17.7. The third-order valence-corrected chi connectivity index (χ3v) is 3.18. The predicted octanol–water partition coefficient (Wildman–Crippen LogP) is 1.46. The molecule has 1 aromatic carbocycles. The molecular formula is C11H9N3O4S. The standard InChI is InChI=1S/C11H9N3O4S/c1-19(17,18)11-12-6-5-10(13-11)8-3-2-4-9(7-8)14(15)16/h2-7H,1H3. The van der Waals surface area contributed by atoms with Crippen LogP contribution >= 0.6 is 0 Å². The molecule has 0 amide bonds. The number of sulfone groups is 1. The van der Waals surface area contributed by atoms with E-state index in [1.807, 2.05) is 0 Å². The molecule has 0 bridgehead atoms. The number of nitro benzene ring substituents is 1. The van der Waals surface area contributed by atoms with E-state index in [4.69, 9.17) is 0 Å².